The predicted molar refractivity (Wildman–Crippen MR) is 124 cm³/mol. The number of benzene rings is 1. The van der Waals surface area contributed by atoms with Crippen LogP contribution in [0, 0.1) is 6.92 Å². The molecular weight excluding hydrogens is 402 g/mol. The molecule has 32 heavy (non-hydrogen) atoms. The summed E-state index contributed by atoms with van der Waals surface area (Å²) >= 11 is 0. The van der Waals surface area contributed by atoms with Crippen LogP contribution in [-0.4, -0.2) is 52.9 Å². The molecule has 3 heterocycles. The first-order valence-corrected chi connectivity index (χ1v) is 11.7. The van der Waals surface area contributed by atoms with Gasteiger partial charge in [-0.2, -0.15) is 0 Å². The smallest absolute Gasteiger partial charge is 0.228 e. The lowest BCUT2D eigenvalue weighted by Crippen LogP contribution is -2.39. The molecule has 1 aromatic heterocycles. The number of aromatic nitrogens is 2. The Morgan fingerprint density at radius 2 is 1.97 bits per heavy atom. The van der Waals surface area contributed by atoms with Gasteiger partial charge in [0.05, 0.1) is 0 Å². The Kier molecular flexibility index (Phi) is 7.15. The van der Waals surface area contributed by atoms with Crippen LogP contribution in [0.4, 0.5) is 5.82 Å². The van der Waals surface area contributed by atoms with Crippen LogP contribution < -0.4 is 10.6 Å². The fourth-order valence-electron chi connectivity index (χ4n) is 4.84. The summed E-state index contributed by atoms with van der Waals surface area (Å²) in [6.07, 6.45) is 5.51. The number of fused-ring (bicyclic) bond motifs is 1. The van der Waals surface area contributed by atoms with Crippen LogP contribution >= 0.6 is 0 Å². The molecule has 4 rings (SSSR count). The van der Waals surface area contributed by atoms with Crippen molar-refractivity contribution in [2.75, 3.05) is 31.1 Å². The third-order valence-electron chi connectivity index (χ3n) is 6.59. The molecule has 1 fully saturated rings. The Balaban J connectivity index is 1.50. The van der Waals surface area contributed by atoms with Gasteiger partial charge in [0.2, 0.25) is 11.8 Å². The molecule has 1 saturated heterocycles. The molecule has 170 valence electrons. The van der Waals surface area contributed by atoms with Crippen LogP contribution in [-0.2, 0) is 22.4 Å². The third kappa shape index (κ3) is 5.33. The Labute approximate surface area is 190 Å². The lowest BCUT2D eigenvalue weighted by Gasteiger charge is -2.34. The SMILES string of the molecule is Cc1nc([C@H]2CCCN(CCC(N)=O)C2)nc2c1CCC(=O)N2CCCc1ccccc1. The number of piperidine rings is 1. The zero-order valence-corrected chi connectivity index (χ0v) is 18.9. The second-order valence-corrected chi connectivity index (χ2v) is 8.96. The molecule has 7 heteroatoms. The highest BCUT2D eigenvalue weighted by atomic mass is 16.2. The van der Waals surface area contributed by atoms with Crippen LogP contribution in [0.25, 0.3) is 0 Å². The van der Waals surface area contributed by atoms with Gasteiger partial charge < -0.3 is 10.6 Å². The lowest BCUT2D eigenvalue weighted by molar-refractivity contribution is -0.119. The van der Waals surface area contributed by atoms with Crippen LogP contribution in [0.5, 0.6) is 0 Å². The number of hydrogen-bond donors (Lipinski definition) is 1. The van der Waals surface area contributed by atoms with E-state index in [2.05, 4.69) is 29.2 Å². The molecule has 2 amide bonds. The molecule has 0 aliphatic carbocycles. The number of aryl methyl sites for hydroxylation is 2. The Morgan fingerprint density at radius 1 is 1.16 bits per heavy atom. The van der Waals surface area contributed by atoms with E-state index in [1.165, 1.54) is 5.56 Å². The van der Waals surface area contributed by atoms with Crippen molar-refractivity contribution in [1.82, 2.24) is 14.9 Å². The molecule has 0 bridgehead atoms. The molecule has 1 aromatic carbocycles. The van der Waals surface area contributed by atoms with Crippen LogP contribution in [0.2, 0.25) is 0 Å². The van der Waals surface area contributed by atoms with Crippen molar-refractivity contribution in [2.45, 2.75) is 57.8 Å². The molecule has 0 saturated carbocycles. The summed E-state index contributed by atoms with van der Waals surface area (Å²) in [5, 5.41) is 0. The number of primary amides is 1. The molecule has 2 aliphatic rings. The average Bonchev–Trinajstić information content (AvgIpc) is 2.80. The second kappa shape index (κ2) is 10.2. The maximum atomic E-state index is 12.8. The maximum Gasteiger partial charge on any atom is 0.228 e. The minimum atomic E-state index is -0.266. The molecule has 1 atom stereocenters. The van der Waals surface area contributed by atoms with Gasteiger partial charge in [0.1, 0.15) is 11.6 Å². The van der Waals surface area contributed by atoms with E-state index in [1.54, 1.807) is 0 Å². The van der Waals surface area contributed by atoms with Gasteiger partial charge >= 0.3 is 0 Å². The Morgan fingerprint density at radius 3 is 2.75 bits per heavy atom. The summed E-state index contributed by atoms with van der Waals surface area (Å²) in [5.41, 5.74) is 8.71. The fraction of sp³-hybridized carbons (Fsp3) is 0.520. The van der Waals surface area contributed by atoms with E-state index >= 15 is 0 Å². The maximum absolute atomic E-state index is 12.8. The zero-order valence-electron chi connectivity index (χ0n) is 18.9. The van der Waals surface area contributed by atoms with E-state index in [0.29, 0.717) is 32.4 Å². The number of nitrogens with two attached hydrogens (primary N) is 1. The van der Waals surface area contributed by atoms with Crippen LogP contribution in [0.15, 0.2) is 30.3 Å². The average molecular weight is 436 g/mol. The van der Waals surface area contributed by atoms with Gasteiger partial charge in [-0.1, -0.05) is 30.3 Å². The first-order chi connectivity index (χ1) is 15.5. The van der Waals surface area contributed by atoms with Crippen LogP contribution in [0.1, 0.15) is 60.7 Å². The van der Waals surface area contributed by atoms with E-state index in [1.807, 2.05) is 17.9 Å². The molecule has 0 unspecified atom stereocenters. The lowest BCUT2D eigenvalue weighted by atomic mass is 9.95. The second-order valence-electron chi connectivity index (χ2n) is 8.96. The van der Waals surface area contributed by atoms with Gasteiger partial charge in [-0.25, -0.2) is 9.97 Å². The summed E-state index contributed by atoms with van der Waals surface area (Å²) in [7, 11) is 0. The van der Waals surface area contributed by atoms with Crippen molar-refractivity contribution < 1.29 is 9.59 Å². The van der Waals surface area contributed by atoms with Gasteiger partial charge in [-0.05, 0) is 51.1 Å². The molecule has 7 nitrogen and oxygen atoms in total. The van der Waals surface area contributed by atoms with Gasteiger partial charge in [0.25, 0.3) is 0 Å². The number of rotatable bonds is 8. The molecule has 0 spiro atoms. The zero-order chi connectivity index (χ0) is 22.5. The fourth-order valence-corrected chi connectivity index (χ4v) is 4.84. The topological polar surface area (TPSA) is 92.4 Å². The number of anilines is 1. The quantitative estimate of drug-likeness (QED) is 0.688. The molecule has 0 radical (unpaired) electrons. The van der Waals surface area contributed by atoms with Crippen LogP contribution in [0.3, 0.4) is 0 Å². The van der Waals surface area contributed by atoms with E-state index in [0.717, 1.165) is 61.7 Å². The summed E-state index contributed by atoms with van der Waals surface area (Å²) < 4.78 is 0. The van der Waals surface area contributed by atoms with Crippen molar-refractivity contribution in [1.29, 1.82) is 0 Å². The van der Waals surface area contributed by atoms with E-state index < -0.39 is 0 Å². The number of nitrogens with zero attached hydrogens (tertiary/aromatic N) is 4. The minimum absolute atomic E-state index is 0.154. The molecule has 2 N–H and O–H groups in total. The first-order valence-electron chi connectivity index (χ1n) is 11.7. The standard InChI is InChI=1S/C25H33N5O2/c1-18-21-11-12-23(32)30(15-5-9-19-7-3-2-4-8-19)25(21)28-24(27-18)20-10-6-14-29(17-20)16-13-22(26)31/h2-4,7-8,20H,5-6,9-17H2,1H3,(H2,26,31)/t20-/m0/s1. The largest absolute Gasteiger partial charge is 0.370 e. The van der Waals surface area contributed by atoms with Crippen molar-refractivity contribution in [2.24, 2.45) is 5.73 Å². The summed E-state index contributed by atoms with van der Waals surface area (Å²) in [6.45, 7) is 5.19. The number of amides is 2. The van der Waals surface area contributed by atoms with Gasteiger partial charge in [-0.3, -0.25) is 14.5 Å². The van der Waals surface area contributed by atoms with Gasteiger partial charge in [0, 0.05) is 49.7 Å². The third-order valence-corrected chi connectivity index (χ3v) is 6.59. The Bertz CT molecular complexity index is 962. The van der Waals surface area contributed by atoms with E-state index in [-0.39, 0.29) is 17.7 Å². The van der Waals surface area contributed by atoms with Crippen molar-refractivity contribution in [3.05, 3.63) is 53.0 Å². The van der Waals surface area contributed by atoms with Crippen molar-refractivity contribution in [3.8, 4) is 0 Å². The Hall–Kier alpha value is -2.80. The van der Waals surface area contributed by atoms with E-state index in [4.69, 9.17) is 15.7 Å². The number of carbonyl (C=O) groups excluding carboxylic acids is 2. The predicted octanol–water partition coefficient (Wildman–Crippen LogP) is 2.75. The van der Waals surface area contributed by atoms with Crippen molar-refractivity contribution >= 4 is 17.6 Å². The monoisotopic (exact) mass is 435 g/mol. The van der Waals surface area contributed by atoms with E-state index in [9.17, 15) is 9.59 Å². The summed E-state index contributed by atoms with van der Waals surface area (Å²) in [5.74, 6) is 1.74. The highest BCUT2D eigenvalue weighted by Crippen LogP contribution is 2.32. The number of hydrogen-bond acceptors (Lipinski definition) is 5. The minimum Gasteiger partial charge on any atom is -0.370 e. The first kappa shape index (κ1) is 22.4. The van der Waals surface area contributed by atoms with Gasteiger partial charge in [0.15, 0.2) is 0 Å². The number of likely N-dealkylation sites (tertiary alicyclic amines) is 1. The summed E-state index contributed by atoms with van der Waals surface area (Å²) in [4.78, 5) is 38.0. The molecule has 2 aromatic rings. The number of carbonyl (C=O) groups is 2. The highest BCUT2D eigenvalue weighted by Gasteiger charge is 2.30. The van der Waals surface area contributed by atoms with Crippen molar-refractivity contribution in [3.63, 3.8) is 0 Å². The molecule has 2 aliphatic heterocycles. The normalized spacial score (nSPS) is 19.1. The van der Waals surface area contributed by atoms with Gasteiger partial charge in [-0.15, -0.1) is 0 Å². The summed E-state index contributed by atoms with van der Waals surface area (Å²) in [6, 6.07) is 10.4. The highest BCUT2D eigenvalue weighted by molar-refractivity contribution is 5.95. The molecular formula is C25H33N5O2.